The number of nitriles is 1. The summed E-state index contributed by atoms with van der Waals surface area (Å²) in [5, 5.41) is 20.1. The monoisotopic (exact) mass is 501 g/mol. The van der Waals surface area contributed by atoms with Gasteiger partial charge < -0.3 is 4.74 Å². The quantitative estimate of drug-likeness (QED) is 0.305. The van der Waals surface area contributed by atoms with Crippen LogP contribution in [-0.4, -0.2) is 21.3 Å². The van der Waals surface area contributed by atoms with Crippen molar-refractivity contribution < 1.29 is 9.22 Å². The molecule has 0 amide bonds. The predicted octanol–water partition coefficient (Wildman–Crippen LogP) is 6.47. The fourth-order valence-electron chi connectivity index (χ4n) is 4.12. The van der Waals surface area contributed by atoms with Crippen molar-refractivity contribution in [2.24, 2.45) is 0 Å². The van der Waals surface area contributed by atoms with E-state index in [-0.39, 0.29) is 12.6 Å². The Bertz CT molecular complexity index is 1330. The topological polar surface area (TPSA) is 83.7 Å². The molecular weight excluding hydrogens is 473 g/mol. The zero-order valence-electron chi connectivity index (χ0n) is 20.4. The molecule has 2 aromatic heterocycles. The van der Waals surface area contributed by atoms with E-state index in [1.807, 2.05) is 32.0 Å². The maximum atomic E-state index is 11.4. The summed E-state index contributed by atoms with van der Waals surface area (Å²) in [6.45, 7) is 4.15. The molecule has 0 aliphatic heterocycles. The molecular formula is C28H28FN5OS. The minimum Gasteiger partial charge on any atom is -0.490 e. The minimum absolute atomic E-state index is 0.0281. The molecule has 2 aromatic carbocycles. The van der Waals surface area contributed by atoms with Crippen LogP contribution in [0.1, 0.15) is 48.9 Å². The van der Waals surface area contributed by atoms with Crippen LogP contribution in [0.4, 0.5) is 4.48 Å². The van der Waals surface area contributed by atoms with Gasteiger partial charge in [-0.05, 0) is 86.6 Å². The number of hydrogen-bond donors (Lipinski definition) is 1. The number of pyridine rings is 1. The van der Waals surface area contributed by atoms with Crippen LogP contribution in [0.2, 0.25) is 0 Å². The highest BCUT2D eigenvalue weighted by Crippen LogP contribution is 2.36. The lowest BCUT2D eigenvalue weighted by atomic mass is 9.88. The van der Waals surface area contributed by atoms with E-state index in [9.17, 15) is 9.74 Å². The van der Waals surface area contributed by atoms with Gasteiger partial charge in [0.05, 0.1) is 18.2 Å². The Morgan fingerprint density at radius 1 is 1.06 bits per heavy atom. The van der Waals surface area contributed by atoms with Crippen LogP contribution in [0, 0.1) is 11.3 Å². The molecule has 1 N–H and O–H groups in total. The molecule has 0 atom stereocenters. The molecule has 4 aromatic rings. The highest BCUT2D eigenvalue weighted by molar-refractivity contribution is 7.17. The van der Waals surface area contributed by atoms with Crippen LogP contribution >= 0.6 is 11.3 Å². The lowest BCUT2D eigenvalue weighted by Crippen LogP contribution is -2.06. The zero-order valence-corrected chi connectivity index (χ0v) is 21.2. The number of nitrogens with one attached hydrogen (secondary N) is 1. The van der Waals surface area contributed by atoms with Gasteiger partial charge in [0, 0.05) is 23.5 Å². The number of aromatic nitrogens is 3. The van der Waals surface area contributed by atoms with Crippen molar-refractivity contribution >= 4 is 11.3 Å². The van der Waals surface area contributed by atoms with E-state index >= 15 is 0 Å². The Morgan fingerprint density at radius 3 is 2.58 bits per heavy atom. The highest BCUT2D eigenvalue weighted by Gasteiger charge is 2.18. The molecule has 6 nitrogen and oxygen atoms in total. The maximum absolute atomic E-state index is 11.4. The molecule has 5 rings (SSSR count). The van der Waals surface area contributed by atoms with E-state index in [1.54, 1.807) is 41.4 Å². The molecule has 184 valence electrons. The van der Waals surface area contributed by atoms with Crippen LogP contribution in [0.25, 0.3) is 21.1 Å². The maximum Gasteiger partial charge on any atom is 0.148 e. The van der Waals surface area contributed by atoms with Crippen LogP contribution in [0.5, 0.6) is 5.75 Å². The van der Waals surface area contributed by atoms with Crippen molar-refractivity contribution in [3.63, 3.8) is 0 Å². The van der Waals surface area contributed by atoms with E-state index in [2.05, 4.69) is 39.4 Å². The van der Waals surface area contributed by atoms with Crippen LogP contribution < -0.4 is 10.3 Å². The van der Waals surface area contributed by atoms with Gasteiger partial charge in [-0.3, -0.25) is 4.98 Å². The van der Waals surface area contributed by atoms with Crippen molar-refractivity contribution in [1.29, 1.82) is 5.26 Å². The summed E-state index contributed by atoms with van der Waals surface area (Å²) >= 11 is 1.58. The number of nitrogens with zero attached hydrogens (tertiary/aromatic N) is 4. The van der Waals surface area contributed by atoms with E-state index in [4.69, 9.17) is 4.74 Å². The highest BCUT2D eigenvalue weighted by atomic mass is 32.1. The van der Waals surface area contributed by atoms with E-state index in [0.717, 1.165) is 34.0 Å². The number of halogens is 1. The molecule has 0 radical (unpaired) electrons. The Kier molecular flexibility index (Phi) is 8.71. The summed E-state index contributed by atoms with van der Waals surface area (Å²) < 4.78 is 17.1. The van der Waals surface area contributed by atoms with Gasteiger partial charge in [0.2, 0.25) is 0 Å². The predicted molar refractivity (Wildman–Crippen MR) is 140 cm³/mol. The van der Waals surface area contributed by atoms with Gasteiger partial charge in [-0.15, -0.1) is 14.7 Å². The number of rotatable bonds is 6. The van der Waals surface area contributed by atoms with Crippen LogP contribution in [0.15, 0.2) is 60.9 Å². The Balaban J connectivity index is 0.000000286. The molecule has 0 spiro atoms. The molecule has 2 heterocycles. The second-order valence-corrected chi connectivity index (χ2v) is 9.70. The summed E-state index contributed by atoms with van der Waals surface area (Å²) in [5.41, 5.74) is 7.94. The normalized spacial score (nSPS) is 12.3. The number of hydrogen-bond acceptors (Lipinski definition) is 7. The van der Waals surface area contributed by atoms with E-state index in [0.29, 0.717) is 11.3 Å². The Labute approximate surface area is 214 Å². The molecule has 0 saturated heterocycles. The first-order valence-corrected chi connectivity index (χ1v) is 12.8. The summed E-state index contributed by atoms with van der Waals surface area (Å²) in [6, 6.07) is 17.9. The number of ether oxygens (including phenoxy) is 1. The van der Waals surface area contributed by atoms with E-state index < -0.39 is 0 Å². The molecule has 8 heteroatoms. The Hall–Kier alpha value is -3.67. The second kappa shape index (κ2) is 12.3. The zero-order chi connectivity index (χ0) is 25.3. The van der Waals surface area contributed by atoms with Crippen LogP contribution in [-0.2, 0) is 19.4 Å². The fraction of sp³-hybridized carbons (Fsp3) is 0.286. The van der Waals surface area contributed by atoms with Gasteiger partial charge in [0.25, 0.3) is 0 Å². The molecule has 1 aliphatic carbocycles. The first-order chi connectivity index (χ1) is 17.6. The first-order valence-electron chi connectivity index (χ1n) is 12.0. The smallest absolute Gasteiger partial charge is 0.148 e. The standard InChI is InChI=1S/C22H21N3OS.C6H7FN2/c1-14(2)26-20-11-10-16(12-17(20)13-23)21-24-25-22(27-21)19-9-5-7-15-6-3-4-8-18(15)19;7-9-5-6-1-3-8-4-2-6/h5,7,9-12,14H,3-4,6,8H2,1-2H3;1-4,9H,5H2. The average Bonchev–Trinajstić information content (AvgIpc) is 3.40. The lowest BCUT2D eigenvalue weighted by molar-refractivity contribution is 0.242. The van der Waals surface area contributed by atoms with E-state index in [1.165, 1.54) is 29.5 Å². The number of aryl methyl sites for hydroxylation is 1. The molecule has 1 aliphatic rings. The van der Waals surface area contributed by atoms with Crippen molar-refractivity contribution in [3.05, 3.63) is 83.2 Å². The summed E-state index contributed by atoms with van der Waals surface area (Å²) in [5.74, 6) is 0.609. The Morgan fingerprint density at radius 2 is 1.83 bits per heavy atom. The van der Waals surface area contributed by atoms with Crippen molar-refractivity contribution in [2.75, 3.05) is 0 Å². The van der Waals surface area contributed by atoms with Gasteiger partial charge in [-0.2, -0.15) is 10.8 Å². The number of benzene rings is 2. The molecule has 0 fully saturated rings. The van der Waals surface area contributed by atoms with Gasteiger partial charge in [-0.25, -0.2) is 0 Å². The van der Waals surface area contributed by atoms with Crippen molar-refractivity contribution in [3.8, 4) is 33.0 Å². The fourth-order valence-corrected chi connectivity index (χ4v) is 5.01. The summed E-state index contributed by atoms with van der Waals surface area (Å²) in [7, 11) is 0. The summed E-state index contributed by atoms with van der Waals surface area (Å²) in [4.78, 5) is 3.78. The van der Waals surface area contributed by atoms with Gasteiger partial charge in [-0.1, -0.05) is 29.5 Å². The SMILES string of the molecule is CC(C)Oc1ccc(-c2nnc(-c3cccc4c3CCCC4)s2)cc1C#N.FNCc1ccncc1. The van der Waals surface area contributed by atoms with Gasteiger partial charge >= 0.3 is 0 Å². The minimum atomic E-state index is 0.0281. The lowest BCUT2D eigenvalue weighted by Gasteiger charge is -2.17. The average molecular weight is 502 g/mol. The molecule has 0 unspecified atom stereocenters. The third-order valence-corrected chi connectivity index (χ3v) is 6.79. The van der Waals surface area contributed by atoms with Crippen molar-refractivity contribution in [2.45, 2.75) is 52.2 Å². The molecule has 0 saturated carbocycles. The molecule has 36 heavy (non-hydrogen) atoms. The summed E-state index contributed by atoms with van der Waals surface area (Å²) in [6.07, 6.45) is 8.05. The number of fused-ring (bicyclic) bond motifs is 1. The van der Waals surface area contributed by atoms with Gasteiger partial charge in [0.1, 0.15) is 21.8 Å². The second-order valence-electron chi connectivity index (χ2n) is 8.72. The molecule has 0 bridgehead atoms. The van der Waals surface area contributed by atoms with Crippen molar-refractivity contribution in [1.82, 2.24) is 20.7 Å². The third kappa shape index (κ3) is 6.30. The van der Waals surface area contributed by atoms with Gasteiger partial charge in [0.15, 0.2) is 0 Å². The van der Waals surface area contributed by atoms with Crippen LogP contribution in [0.3, 0.4) is 0 Å². The largest absolute Gasteiger partial charge is 0.490 e. The first kappa shape index (κ1) is 25.4. The third-order valence-electron chi connectivity index (χ3n) is 5.78.